The molecule has 1 atom stereocenters. The normalized spacial score (nSPS) is 14.4. The van der Waals surface area contributed by atoms with Crippen molar-refractivity contribution in [2.45, 2.75) is 45.4 Å². The molecule has 0 saturated carbocycles. The summed E-state index contributed by atoms with van der Waals surface area (Å²) in [7, 11) is 0. The second kappa shape index (κ2) is 11.5. The average Bonchev–Trinajstić information content (AvgIpc) is 2.85. The molecule has 0 N–H and O–H groups in total. The standard InChI is InChI=1S/C30H32O4/c1-5-7-11-22(6-2)28(31)33-26-18-14-24(15-19-26)30(3,4)25-16-20-27(21-17-25)34-29(32)23-12-9-8-10-13-23/h5-7,9,12-22H,2,8,10-11H2,1,3-4H3/b7-5-. The molecule has 0 saturated heterocycles. The van der Waals surface area contributed by atoms with Gasteiger partial charge in [-0.3, -0.25) is 4.79 Å². The molecule has 0 aliphatic heterocycles. The Labute approximate surface area is 202 Å². The maximum absolute atomic E-state index is 12.4. The molecule has 0 spiro atoms. The molecule has 0 bridgehead atoms. The van der Waals surface area contributed by atoms with Crippen molar-refractivity contribution in [3.8, 4) is 11.5 Å². The van der Waals surface area contributed by atoms with Crippen LogP contribution in [0.4, 0.5) is 0 Å². The molecule has 1 unspecified atom stereocenters. The largest absolute Gasteiger partial charge is 0.426 e. The van der Waals surface area contributed by atoms with Crippen LogP contribution in [0.15, 0.2) is 97.1 Å². The van der Waals surface area contributed by atoms with Gasteiger partial charge in [-0.25, -0.2) is 4.79 Å². The predicted molar refractivity (Wildman–Crippen MR) is 136 cm³/mol. The third-order valence-electron chi connectivity index (χ3n) is 6.02. The van der Waals surface area contributed by atoms with Gasteiger partial charge in [0.15, 0.2) is 0 Å². The number of esters is 2. The predicted octanol–water partition coefficient (Wildman–Crippen LogP) is 6.87. The van der Waals surface area contributed by atoms with Crippen LogP contribution in [0.5, 0.6) is 11.5 Å². The Kier molecular flexibility index (Phi) is 8.42. The smallest absolute Gasteiger partial charge is 0.343 e. The van der Waals surface area contributed by atoms with Gasteiger partial charge in [-0.15, -0.1) is 6.58 Å². The Morgan fingerprint density at radius 3 is 2.06 bits per heavy atom. The van der Waals surface area contributed by atoms with E-state index in [2.05, 4.69) is 20.4 Å². The van der Waals surface area contributed by atoms with Gasteiger partial charge in [-0.05, 0) is 61.6 Å². The van der Waals surface area contributed by atoms with Gasteiger partial charge < -0.3 is 9.47 Å². The van der Waals surface area contributed by atoms with E-state index in [-0.39, 0.29) is 23.3 Å². The molecule has 34 heavy (non-hydrogen) atoms. The van der Waals surface area contributed by atoms with E-state index in [0.29, 0.717) is 23.5 Å². The number of carbonyl (C=O) groups excluding carboxylic acids is 2. The van der Waals surface area contributed by atoms with Gasteiger partial charge in [0, 0.05) is 5.41 Å². The molecule has 176 valence electrons. The molecule has 3 rings (SSSR count). The fraction of sp³-hybridized carbons (Fsp3) is 0.267. The molecule has 0 fully saturated rings. The van der Waals surface area contributed by atoms with Gasteiger partial charge in [0.25, 0.3) is 0 Å². The summed E-state index contributed by atoms with van der Waals surface area (Å²) in [4.78, 5) is 24.7. The lowest BCUT2D eigenvalue weighted by Gasteiger charge is -2.26. The molecule has 2 aromatic rings. The van der Waals surface area contributed by atoms with E-state index in [1.54, 1.807) is 6.08 Å². The SMILES string of the molecule is C=CC(C/C=C\C)C(=O)Oc1ccc(C(C)(C)c2ccc(OC(=O)C3=CCCC=C3)cc2)cc1. The Bertz CT molecular complexity index is 1100. The molecule has 1 aliphatic carbocycles. The summed E-state index contributed by atoms with van der Waals surface area (Å²) in [5.41, 5.74) is 2.45. The third-order valence-corrected chi connectivity index (χ3v) is 6.02. The summed E-state index contributed by atoms with van der Waals surface area (Å²) in [5, 5.41) is 0. The average molecular weight is 457 g/mol. The zero-order valence-corrected chi connectivity index (χ0v) is 20.1. The van der Waals surface area contributed by atoms with E-state index in [1.165, 1.54) is 0 Å². The van der Waals surface area contributed by atoms with Gasteiger partial charge in [-0.1, -0.05) is 74.6 Å². The van der Waals surface area contributed by atoms with Crippen LogP contribution in [0.2, 0.25) is 0 Å². The van der Waals surface area contributed by atoms with Crippen molar-refractivity contribution >= 4 is 11.9 Å². The number of ether oxygens (including phenoxy) is 2. The van der Waals surface area contributed by atoms with Gasteiger partial charge in [0.2, 0.25) is 0 Å². The molecule has 4 nitrogen and oxygen atoms in total. The quantitative estimate of drug-likeness (QED) is 0.235. The van der Waals surface area contributed by atoms with Crippen LogP contribution in [-0.2, 0) is 15.0 Å². The molecule has 0 radical (unpaired) electrons. The fourth-order valence-corrected chi connectivity index (χ4v) is 3.74. The summed E-state index contributed by atoms with van der Waals surface area (Å²) < 4.78 is 11.1. The van der Waals surface area contributed by atoms with Crippen LogP contribution >= 0.6 is 0 Å². The van der Waals surface area contributed by atoms with E-state index >= 15 is 0 Å². The minimum Gasteiger partial charge on any atom is -0.426 e. The van der Waals surface area contributed by atoms with Crippen molar-refractivity contribution in [3.05, 3.63) is 108 Å². The van der Waals surface area contributed by atoms with Crippen molar-refractivity contribution in [1.29, 1.82) is 0 Å². The van der Waals surface area contributed by atoms with Crippen LogP contribution in [0, 0.1) is 5.92 Å². The number of hydrogen-bond acceptors (Lipinski definition) is 4. The highest BCUT2D eigenvalue weighted by Gasteiger charge is 2.24. The van der Waals surface area contributed by atoms with Crippen LogP contribution < -0.4 is 9.47 Å². The van der Waals surface area contributed by atoms with E-state index in [4.69, 9.17) is 9.47 Å². The first-order chi connectivity index (χ1) is 16.3. The molecule has 0 heterocycles. The molecular weight excluding hydrogens is 424 g/mol. The van der Waals surface area contributed by atoms with Crippen LogP contribution in [-0.4, -0.2) is 11.9 Å². The van der Waals surface area contributed by atoms with Crippen LogP contribution in [0.1, 0.15) is 51.2 Å². The minimum atomic E-state index is -0.370. The number of rotatable bonds is 9. The summed E-state index contributed by atoms with van der Waals surface area (Å²) >= 11 is 0. The van der Waals surface area contributed by atoms with Crippen molar-refractivity contribution in [1.82, 2.24) is 0 Å². The first kappa shape index (κ1) is 25.0. The first-order valence-corrected chi connectivity index (χ1v) is 11.6. The van der Waals surface area contributed by atoms with E-state index in [1.807, 2.05) is 85.8 Å². The van der Waals surface area contributed by atoms with Gasteiger partial charge >= 0.3 is 11.9 Å². The number of allylic oxidation sites excluding steroid dienone is 4. The Morgan fingerprint density at radius 2 is 1.56 bits per heavy atom. The minimum absolute atomic E-state index is 0.296. The Hall–Kier alpha value is -3.66. The van der Waals surface area contributed by atoms with Crippen molar-refractivity contribution in [2.24, 2.45) is 5.92 Å². The molecule has 1 aliphatic rings. The van der Waals surface area contributed by atoms with Crippen molar-refractivity contribution in [3.63, 3.8) is 0 Å². The molecule has 0 amide bonds. The highest BCUT2D eigenvalue weighted by Crippen LogP contribution is 2.33. The lowest BCUT2D eigenvalue weighted by Crippen LogP contribution is -2.20. The van der Waals surface area contributed by atoms with Gasteiger partial charge in [-0.2, -0.15) is 0 Å². The van der Waals surface area contributed by atoms with E-state index < -0.39 is 0 Å². The summed E-state index contributed by atoms with van der Waals surface area (Å²) in [6, 6.07) is 15.1. The molecule has 0 aromatic heterocycles. The molecular formula is C30H32O4. The summed E-state index contributed by atoms with van der Waals surface area (Å²) in [6.07, 6.45) is 13.5. The summed E-state index contributed by atoms with van der Waals surface area (Å²) in [5.74, 6) is -0.000767. The van der Waals surface area contributed by atoms with Crippen LogP contribution in [0.3, 0.4) is 0 Å². The van der Waals surface area contributed by atoms with Crippen molar-refractivity contribution < 1.29 is 19.1 Å². The maximum Gasteiger partial charge on any atom is 0.343 e. The topological polar surface area (TPSA) is 52.6 Å². The second-order valence-corrected chi connectivity index (χ2v) is 8.77. The fourth-order valence-electron chi connectivity index (χ4n) is 3.74. The third kappa shape index (κ3) is 6.22. The van der Waals surface area contributed by atoms with E-state index in [0.717, 1.165) is 24.0 Å². The second-order valence-electron chi connectivity index (χ2n) is 8.77. The molecule has 4 heteroatoms. The van der Waals surface area contributed by atoms with Gasteiger partial charge in [0.05, 0.1) is 11.5 Å². The van der Waals surface area contributed by atoms with Crippen LogP contribution in [0.25, 0.3) is 0 Å². The lowest BCUT2D eigenvalue weighted by atomic mass is 9.78. The lowest BCUT2D eigenvalue weighted by molar-refractivity contribution is -0.137. The summed E-state index contributed by atoms with van der Waals surface area (Å²) in [6.45, 7) is 9.89. The first-order valence-electron chi connectivity index (χ1n) is 11.6. The highest BCUT2D eigenvalue weighted by molar-refractivity contribution is 5.93. The Morgan fingerprint density at radius 1 is 0.971 bits per heavy atom. The number of hydrogen-bond donors (Lipinski definition) is 0. The monoisotopic (exact) mass is 456 g/mol. The zero-order chi connectivity index (χ0) is 24.6. The Balaban J connectivity index is 1.66. The van der Waals surface area contributed by atoms with Crippen molar-refractivity contribution in [2.75, 3.05) is 0 Å². The number of carbonyl (C=O) groups is 2. The number of benzene rings is 2. The maximum atomic E-state index is 12.4. The molecule has 2 aromatic carbocycles. The van der Waals surface area contributed by atoms with E-state index in [9.17, 15) is 9.59 Å². The zero-order valence-electron chi connectivity index (χ0n) is 20.1. The van der Waals surface area contributed by atoms with Gasteiger partial charge in [0.1, 0.15) is 11.5 Å². The highest BCUT2D eigenvalue weighted by atomic mass is 16.5.